The molecule has 72 valence electrons. The van der Waals surface area contributed by atoms with E-state index in [0.717, 1.165) is 15.6 Å². The highest BCUT2D eigenvalue weighted by atomic mass is 79.9. The first-order valence-electron chi connectivity index (χ1n) is 4.13. The molecule has 0 aromatic carbocycles. The van der Waals surface area contributed by atoms with Gasteiger partial charge in [0.1, 0.15) is 0 Å². The van der Waals surface area contributed by atoms with E-state index in [1.165, 1.54) is 0 Å². The Labute approximate surface area is 86.1 Å². The summed E-state index contributed by atoms with van der Waals surface area (Å²) in [6, 6.07) is -0.123. The lowest BCUT2D eigenvalue weighted by Gasteiger charge is -2.14. The molecule has 0 spiro atoms. The topological polar surface area (TPSA) is 59.1 Å². The molecule has 0 radical (unpaired) electrons. The molecule has 0 amide bonds. The van der Waals surface area contributed by atoms with E-state index in [1.807, 2.05) is 6.92 Å². The Bertz CT molecular complexity index is 271. The Morgan fingerprint density at radius 2 is 2.31 bits per heavy atom. The number of aromatic nitrogens is 1. The number of halogens is 1. The van der Waals surface area contributed by atoms with Crippen molar-refractivity contribution in [1.29, 1.82) is 0 Å². The van der Waals surface area contributed by atoms with Crippen molar-refractivity contribution in [1.82, 2.24) is 4.98 Å². The summed E-state index contributed by atoms with van der Waals surface area (Å²) in [5.74, 6) is 0. The summed E-state index contributed by atoms with van der Waals surface area (Å²) in [4.78, 5) is 4.02. The van der Waals surface area contributed by atoms with Crippen molar-refractivity contribution in [2.24, 2.45) is 5.73 Å². The van der Waals surface area contributed by atoms with E-state index in [-0.39, 0.29) is 12.6 Å². The van der Waals surface area contributed by atoms with Crippen LogP contribution in [0.3, 0.4) is 0 Å². The lowest BCUT2D eigenvalue weighted by Crippen LogP contribution is -2.14. The minimum atomic E-state index is -0.123. The van der Waals surface area contributed by atoms with E-state index in [0.29, 0.717) is 6.42 Å². The van der Waals surface area contributed by atoms with Crippen molar-refractivity contribution >= 4 is 15.9 Å². The molecule has 0 bridgehead atoms. The SMILES string of the molecule is Cc1cncc(Br)c1C(N)CCO. The first kappa shape index (κ1) is 10.6. The minimum absolute atomic E-state index is 0.107. The molecular weight excluding hydrogens is 232 g/mol. The van der Waals surface area contributed by atoms with E-state index in [2.05, 4.69) is 20.9 Å². The summed E-state index contributed by atoms with van der Waals surface area (Å²) in [6.45, 7) is 2.07. The molecule has 4 heteroatoms. The molecule has 0 aliphatic heterocycles. The van der Waals surface area contributed by atoms with Gasteiger partial charge in [-0.25, -0.2) is 0 Å². The smallest absolute Gasteiger partial charge is 0.0449 e. The predicted octanol–water partition coefficient (Wildman–Crippen LogP) is 1.53. The van der Waals surface area contributed by atoms with Crippen LogP contribution in [0.25, 0.3) is 0 Å². The number of hydrogen-bond donors (Lipinski definition) is 2. The summed E-state index contributed by atoms with van der Waals surface area (Å²) < 4.78 is 0.911. The molecule has 0 aliphatic carbocycles. The van der Waals surface area contributed by atoms with Gasteiger partial charge in [-0.2, -0.15) is 0 Å². The fraction of sp³-hybridized carbons (Fsp3) is 0.444. The second-order valence-electron chi connectivity index (χ2n) is 2.97. The van der Waals surface area contributed by atoms with E-state index in [9.17, 15) is 0 Å². The maximum Gasteiger partial charge on any atom is 0.0449 e. The first-order chi connectivity index (χ1) is 6.16. The Kier molecular flexibility index (Phi) is 3.84. The molecule has 3 nitrogen and oxygen atoms in total. The van der Waals surface area contributed by atoms with E-state index in [4.69, 9.17) is 10.8 Å². The van der Waals surface area contributed by atoms with Gasteiger partial charge in [-0.15, -0.1) is 0 Å². The van der Waals surface area contributed by atoms with Crippen LogP contribution in [0.4, 0.5) is 0 Å². The highest BCUT2D eigenvalue weighted by Gasteiger charge is 2.11. The van der Waals surface area contributed by atoms with Crippen LogP contribution in [-0.2, 0) is 0 Å². The van der Waals surface area contributed by atoms with Crippen LogP contribution in [0, 0.1) is 6.92 Å². The number of hydrogen-bond acceptors (Lipinski definition) is 3. The summed E-state index contributed by atoms with van der Waals surface area (Å²) in [5.41, 5.74) is 7.97. The Hall–Kier alpha value is -0.450. The molecule has 0 fully saturated rings. The minimum Gasteiger partial charge on any atom is -0.396 e. The summed E-state index contributed by atoms with van der Waals surface area (Å²) in [5, 5.41) is 8.77. The normalized spacial score (nSPS) is 12.9. The molecule has 1 unspecified atom stereocenters. The second-order valence-corrected chi connectivity index (χ2v) is 3.83. The average Bonchev–Trinajstić information content (AvgIpc) is 2.04. The third kappa shape index (κ3) is 2.49. The van der Waals surface area contributed by atoms with Crippen molar-refractivity contribution < 1.29 is 5.11 Å². The van der Waals surface area contributed by atoms with E-state index >= 15 is 0 Å². The lowest BCUT2D eigenvalue weighted by molar-refractivity contribution is 0.276. The maximum atomic E-state index is 8.77. The van der Waals surface area contributed by atoms with Crippen LogP contribution < -0.4 is 5.73 Å². The van der Waals surface area contributed by atoms with Crippen LogP contribution in [-0.4, -0.2) is 16.7 Å². The monoisotopic (exact) mass is 244 g/mol. The van der Waals surface area contributed by atoms with Gasteiger partial charge in [-0.1, -0.05) is 0 Å². The molecular formula is C9H13BrN2O. The first-order valence-corrected chi connectivity index (χ1v) is 4.92. The molecule has 0 saturated carbocycles. The summed E-state index contributed by atoms with van der Waals surface area (Å²) >= 11 is 3.39. The van der Waals surface area contributed by atoms with Crippen molar-refractivity contribution in [3.05, 3.63) is 28.0 Å². The number of aliphatic hydroxyl groups is 1. The molecule has 1 rings (SSSR count). The predicted molar refractivity (Wildman–Crippen MR) is 55.3 cm³/mol. The van der Waals surface area contributed by atoms with Gasteiger partial charge in [0.2, 0.25) is 0 Å². The van der Waals surface area contributed by atoms with Gasteiger partial charge >= 0.3 is 0 Å². The zero-order valence-electron chi connectivity index (χ0n) is 7.50. The number of pyridine rings is 1. The largest absolute Gasteiger partial charge is 0.396 e. The van der Waals surface area contributed by atoms with Crippen molar-refractivity contribution in [3.8, 4) is 0 Å². The summed E-state index contributed by atoms with van der Waals surface area (Å²) in [7, 11) is 0. The Balaban J connectivity index is 2.98. The van der Waals surface area contributed by atoms with Crippen molar-refractivity contribution in [2.45, 2.75) is 19.4 Å². The van der Waals surface area contributed by atoms with Crippen molar-refractivity contribution in [3.63, 3.8) is 0 Å². The van der Waals surface area contributed by atoms with Gasteiger partial charge in [0.05, 0.1) is 0 Å². The quantitative estimate of drug-likeness (QED) is 0.849. The van der Waals surface area contributed by atoms with E-state index < -0.39 is 0 Å². The van der Waals surface area contributed by atoms with Gasteiger partial charge < -0.3 is 10.8 Å². The second kappa shape index (κ2) is 4.69. The molecule has 1 atom stereocenters. The molecule has 0 saturated heterocycles. The number of aryl methyl sites for hydroxylation is 1. The average molecular weight is 245 g/mol. The number of nitrogens with zero attached hydrogens (tertiary/aromatic N) is 1. The van der Waals surface area contributed by atoms with Crippen LogP contribution in [0.5, 0.6) is 0 Å². The van der Waals surface area contributed by atoms with Gasteiger partial charge in [0.25, 0.3) is 0 Å². The molecule has 0 aliphatic rings. The van der Waals surface area contributed by atoms with Crippen LogP contribution in [0.15, 0.2) is 16.9 Å². The zero-order chi connectivity index (χ0) is 9.84. The summed E-state index contributed by atoms with van der Waals surface area (Å²) in [6.07, 6.45) is 4.07. The third-order valence-corrected chi connectivity index (χ3v) is 2.58. The van der Waals surface area contributed by atoms with Crippen molar-refractivity contribution in [2.75, 3.05) is 6.61 Å². The Morgan fingerprint density at radius 3 is 2.85 bits per heavy atom. The maximum absolute atomic E-state index is 8.77. The number of nitrogens with two attached hydrogens (primary N) is 1. The number of aliphatic hydroxyl groups excluding tert-OH is 1. The van der Waals surface area contributed by atoms with Gasteiger partial charge in [0, 0.05) is 29.5 Å². The molecule has 1 heterocycles. The van der Waals surface area contributed by atoms with E-state index in [1.54, 1.807) is 12.4 Å². The fourth-order valence-corrected chi connectivity index (χ4v) is 2.02. The van der Waals surface area contributed by atoms with Gasteiger partial charge in [-0.05, 0) is 40.4 Å². The zero-order valence-corrected chi connectivity index (χ0v) is 9.08. The molecule has 1 aromatic heterocycles. The van der Waals surface area contributed by atoms with Crippen LogP contribution >= 0.6 is 15.9 Å². The molecule has 3 N–H and O–H groups in total. The third-order valence-electron chi connectivity index (χ3n) is 1.95. The van der Waals surface area contributed by atoms with Crippen LogP contribution in [0.2, 0.25) is 0 Å². The molecule has 13 heavy (non-hydrogen) atoms. The van der Waals surface area contributed by atoms with Gasteiger partial charge in [-0.3, -0.25) is 4.98 Å². The highest BCUT2D eigenvalue weighted by molar-refractivity contribution is 9.10. The Morgan fingerprint density at radius 1 is 1.62 bits per heavy atom. The number of rotatable bonds is 3. The lowest BCUT2D eigenvalue weighted by atomic mass is 10.0. The fourth-order valence-electron chi connectivity index (χ4n) is 1.29. The standard InChI is InChI=1S/C9H13BrN2O/c1-6-4-12-5-7(10)9(6)8(11)2-3-13/h4-5,8,13H,2-3,11H2,1H3. The van der Waals surface area contributed by atoms with Crippen LogP contribution in [0.1, 0.15) is 23.6 Å². The highest BCUT2D eigenvalue weighted by Crippen LogP contribution is 2.25. The molecule has 1 aromatic rings. The van der Waals surface area contributed by atoms with Gasteiger partial charge in [0.15, 0.2) is 0 Å².